The van der Waals surface area contributed by atoms with Gasteiger partial charge < -0.3 is 0 Å². The molecule has 0 atom stereocenters. The average molecular weight is 229 g/mol. The van der Waals surface area contributed by atoms with Crippen LogP contribution in [0.5, 0.6) is 0 Å². The fourth-order valence-electron chi connectivity index (χ4n) is 1.24. The highest BCUT2D eigenvalue weighted by Gasteiger charge is 2.34. The molecule has 0 unspecified atom stereocenters. The smallest absolute Gasteiger partial charge is 0.255 e. The molecule has 0 amide bonds. The Hall–Kier alpha value is -1.36. The first kappa shape index (κ1) is 10.2. The lowest BCUT2D eigenvalue weighted by Crippen LogP contribution is -2.07. The van der Waals surface area contributed by atoms with E-state index in [0.717, 1.165) is 6.07 Å². The molecule has 0 aliphatic heterocycles. The molecule has 1 nitrogen and oxygen atoms in total. The van der Waals surface area contributed by atoms with E-state index in [1.807, 2.05) is 0 Å². The summed E-state index contributed by atoms with van der Waals surface area (Å²) >= 11 is 1.24. The van der Waals surface area contributed by atoms with Crippen molar-refractivity contribution in [3.05, 3.63) is 41.4 Å². The molecule has 78 valence electrons. The summed E-state index contributed by atoms with van der Waals surface area (Å²) in [5.41, 5.74) is -0.688. The molecule has 0 aliphatic carbocycles. The molecule has 2 heterocycles. The zero-order chi connectivity index (χ0) is 10.9. The molecule has 0 aliphatic rings. The second-order valence-electron chi connectivity index (χ2n) is 2.87. The van der Waals surface area contributed by atoms with Crippen LogP contribution in [-0.4, -0.2) is 4.98 Å². The van der Waals surface area contributed by atoms with E-state index in [-0.39, 0.29) is 5.69 Å². The SMILES string of the molecule is FC(F)(F)c1cccnc1-c1cccs1. The zero-order valence-electron chi connectivity index (χ0n) is 7.45. The second kappa shape index (κ2) is 3.66. The van der Waals surface area contributed by atoms with Crippen LogP contribution < -0.4 is 0 Å². The number of halogens is 3. The van der Waals surface area contributed by atoms with Gasteiger partial charge in [0.1, 0.15) is 0 Å². The molecule has 0 radical (unpaired) electrons. The topological polar surface area (TPSA) is 12.9 Å². The predicted octanol–water partition coefficient (Wildman–Crippen LogP) is 3.83. The Morgan fingerprint density at radius 2 is 1.93 bits per heavy atom. The average Bonchev–Trinajstić information content (AvgIpc) is 2.69. The van der Waals surface area contributed by atoms with Crippen LogP contribution in [-0.2, 0) is 6.18 Å². The first-order chi connectivity index (χ1) is 7.09. The van der Waals surface area contributed by atoms with Crippen molar-refractivity contribution in [2.75, 3.05) is 0 Å². The minimum Gasteiger partial charge on any atom is -0.255 e. The van der Waals surface area contributed by atoms with Gasteiger partial charge in [-0.25, -0.2) is 0 Å². The van der Waals surface area contributed by atoms with Gasteiger partial charge in [-0.2, -0.15) is 13.2 Å². The molecule has 0 bridgehead atoms. The largest absolute Gasteiger partial charge is 0.418 e. The lowest BCUT2D eigenvalue weighted by atomic mass is 10.1. The second-order valence-corrected chi connectivity index (χ2v) is 3.82. The monoisotopic (exact) mass is 229 g/mol. The maximum Gasteiger partial charge on any atom is 0.418 e. The van der Waals surface area contributed by atoms with E-state index in [1.165, 1.54) is 23.6 Å². The van der Waals surface area contributed by atoms with Crippen molar-refractivity contribution in [2.45, 2.75) is 6.18 Å². The first-order valence-corrected chi connectivity index (χ1v) is 5.03. The highest BCUT2D eigenvalue weighted by atomic mass is 32.1. The van der Waals surface area contributed by atoms with Gasteiger partial charge in [0.15, 0.2) is 0 Å². The summed E-state index contributed by atoms with van der Waals surface area (Å²) in [6.45, 7) is 0. The Morgan fingerprint density at radius 1 is 1.13 bits per heavy atom. The summed E-state index contributed by atoms with van der Waals surface area (Å²) in [6, 6.07) is 5.67. The van der Waals surface area contributed by atoms with E-state index < -0.39 is 11.7 Å². The molecule has 15 heavy (non-hydrogen) atoms. The van der Waals surface area contributed by atoms with E-state index >= 15 is 0 Å². The van der Waals surface area contributed by atoms with Crippen molar-refractivity contribution in [3.8, 4) is 10.6 Å². The first-order valence-electron chi connectivity index (χ1n) is 4.15. The third-order valence-corrected chi connectivity index (χ3v) is 2.74. The van der Waals surface area contributed by atoms with Crippen molar-refractivity contribution in [2.24, 2.45) is 0 Å². The van der Waals surface area contributed by atoms with Gasteiger partial charge in [0.25, 0.3) is 0 Å². The third-order valence-electron chi connectivity index (χ3n) is 1.87. The highest BCUT2D eigenvalue weighted by molar-refractivity contribution is 7.13. The highest BCUT2D eigenvalue weighted by Crippen LogP contribution is 2.36. The number of rotatable bonds is 1. The zero-order valence-corrected chi connectivity index (χ0v) is 8.27. The van der Waals surface area contributed by atoms with E-state index in [9.17, 15) is 13.2 Å². The molecule has 2 aromatic heterocycles. The molecular formula is C10H6F3NS. The number of aromatic nitrogens is 1. The van der Waals surface area contributed by atoms with Crippen molar-refractivity contribution >= 4 is 11.3 Å². The van der Waals surface area contributed by atoms with Crippen LogP contribution in [0.1, 0.15) is 5.56 Å². The van der Waals surface area contributed by atoms with Gasteiger partial charge in [0, 0.05) is 6.20 Å². The minimum absolute atomic E-state index is 0.000000000000000666. The van der Waals surface area contributed by atoms with Crippen LogP contribution in [0.15, 0.2) is 35.8 Å². The maximum absolute atomic E-state index is 12.6. The molecule has 2 aromatic rings. The third kappa shape index (κ3) is 2.02. The maximum atomic E-state index is 12.6. The van der Waals surface area contributed by atoms with Crippen LogP contribution in [0.25, 0.3) is 10.6 Å². The molecule has 0 N–H and O–H groups in total. The van der Waals surface area contributed by atoms with Crippen LogP contribution in [0.3, 0.4) is 0 Å². The summed E-state index contributed by atoms with van der Waals surface area (Å²) in [7, 11) is 0. The fourth-order valence-corrected chi connectivity index (χ4v) is 1.98. The van der Waals surface area contributed by atoms with Gasteiger partial charge in [-0.1, -0.05) is 6.07 Å². The number of thiophene rings is 1. The van der Waals surface area contributed by atoms with Crippen molar-refractivity contribution in [1.29, 1.82) is 0 Å². The van der Waals surface area contributed by atoms with Gasteiger partial charge in [-0.15, -0.1) is 11.3 Å². The van der Waals surface area contributed by atoms with E-state index in [1.54, 1.807) is 17.5 Å². The van der Waals surface area contributed by atoms with Gasteiger partial charge in [-0.3, -0.25) is 4.98 Å². The Kier molecular flexibility index (Phi) is 2.48. The summed E-state index contributed by atoms with van der Waals surface area (Å²) in [5.74, 6) is 0. The number of alkyl halides is 3. The van der Waals surface area contributed by atoms with E-state index in [4.69, 9.17) is 0 Å². The lowest BCUT2D eigenvalue weighted by molar-refractivity contribution is -0.137. The molecule has 0 aromatic carbocycles. The Morgan fingerprint density at radius 3 is 2.53 bits per heavy atom. The van der Waals surface area contributed by atoms with Crippen LogP contribution in [0, 0.1) is 0 Å². The van der Waals surface area contributed by atoms with Crippen LogP contribution in [0.4, 0.5) is 13.2 Å². The summed E-state index contributed by atoms with van der Waals surface area (Å²) < 4.78 is 37.8. The van der Waals surface area contributed by atoms with Crippen molar-refractivity contribution in [1.82, 2.24) is 4.98 Å². The van der Waals surface area contributed by atoms with E-state index in [2.05, 4.69) is 4.98 Å². The summed E-state index contributed by atoms with van der Waals surface area (Å²) in [6.07, 6.45) is -2.99. The van der Waals surface area contributed by atoms with Crippen LogP contribution >= 0.6 is 11.3 Å². The normalized spacial score (nSPS) is 11.7. The molecule has 0 fully saturated rings. The van der Waals surface area contributed by atoms with E-state index in [0.29, 0.717) is 4.88 Å². The Balaban J connectivity index is 2.58. The number of hydrogen-bond acceptors (Lipinski definition) is 2. The van der Waals surface area contributed by atoms with Gasteiger partial charge in [0.2, 0.25) is 0 Å². The Labute approximate surface area is 88.2 Å². The number of nitrogens with zero attached hydrogens (tertiary/aromatic N) is 1. The summed E-state index contributed by atoms with van der Waals surface area (Å²) in [4.78, 5) is 4.31. The van der Waals surface area contributed by atoms with Crippen molar-refractivity contribution < 1.29 is 13.2 Å². The molecule has 0 spiro atoms. The molecule has 2 rings (SSSR count). The van der Waals surface area contributed by atoms with Gasteiger partial charge >= 0.3 is 6.18 Å². The molecule has 0 saturated heterocycles. The Bertz CT molecular complexity index is 448. The standard InChI is InChI=1S/C10H6F3NS/c11-10(12,13)7-3-1-5-14-9(7)8-4-2-6-15-8/h1-6H. The van der Waals surface area contributed by atoms with Crippen molar-refractivity contribution in [3.63, 3.8) is 0 Å². The van der Waals surface area contributed by atoms with Crippen LogP contribution in [0.2, 0.25) is 0 Å². The fraction of sp³-hybridized carbons (Fsp3) is 0.100. The summed E-state index contributed by atoms with van der Waals surface area (Å²) in [5, 5.41) is 1.73. The molecule has 5 heteroatoms. The predicted molar refractivity (Wildman–Crippen MR) is 52.6 cm³/mol. The number of hydrogen-bond donors (Lipinski definition) is 0. The quantitative estimate of drug-likeness (QED) is 0.724. The molecular weight excluding hydrogens is 223 g/mol. The number of pyridine rings is 1. The minimum atomic E-state index is -4.35. The molecule has 0 saturated carbocycles. The van der Waals surface area contributed by atoms with Gasteiger partial charge in [-0.05, 0) is 23.6 Å². The van der Waals surface area contributed by atoms with Gasteiger partial charge in [0.05, 0.1) is 16.1 Å². The lowest BCUT2D eigenvalue weighted by Gasteiger charge is -2.09.